The van der Waals surface area contributed by atoms with Crippen molar-refractivity contribution >= 4 is 23.4 Å². The number of nitrogens with two attached hydrogens (primary N) is 1. The number of hydrogen-bond donors (Lipinski definition) is 1. The van der Waals surface area contributed by atoms with Gasteiger partial charge in [0.15, 0.2) is 0 Å². The standard InChI is InChI=1S/C20H17ClN4O2/c21-16-6-3-7-17(9-16)25-12-15(10-23-25)20(27)24-11-14-5-2-1-4-13(14)8-18(24)19(22)26/h1-7,9-10,12,18H,8,11H2,(H2,22,26)/t18-/m0/s1. The van der Waals surface area contributed by atoms with Gasteiger partial charge >= 0.3 is 0 Å². The van der Waals surface area contributed by atoms with E-state index in [9.17, 15) is 9.59 Å². The number of benzene rings is 2. The van der Waals surface area contributed by atoms with Crippen LogP contribution in [0.4, 0.5) is 0 Å². The van der Waals surface area contributed by atoms with E-state index in [1.807, 2.05) is 36.4 Å². The molecule has 6 nitrogen and oxygen atoms in total. The molecule has 0 saturated carbocycles. The Balaban J connectivity index is 1.65. The Bertz CT molecular complexity index is 1030. The van der Waals surface area contributed by atoms with Crippen molar-refractivity contribution in [3.8, 4) is 5.69 Å². The van der Waals surface area contributed by atoms with Gasteiger partial charge in [-0.05, 0) is 29.3 Å². The first-order chi connectivity index (χ1) is 13.0. The SMILES string of the molecule is NC(=O)[C@@H]1Cc2ccccc2CN1C(=O)c1cnn(-c2cccc(Cl)c2)c1. The number of halogens is 1. The van der Waals surface area contributed by atoms with Gasteiger partial charge in [-0.1, -0.05) is 41.9 Å². The predicted octanol–water partition coefficient (Wildman–Crippen LogP) is 2.58. The first-order valence-corrected chi connectivity index (χ1v) is 8.88. The van der Waals surface area contributed by atoms with Crippen LogP contribution in [0.2, 0.25) is 5.02 Å². The summed E-state index contributed by atoms with van der Waals surface area (Å²) in [5.41, 5.74) is 8.77. The number of amides is 2. The number of primary amides is 1. The zero-order valence-electron chi connectivity index (χ0n) is 14.4. The summed E-state index contributed by atoms with van der Waals surface area (Å²) in [5, 5.41) is 4.83. The van der Waals surface area contributed by atoms with Crippen LogP contribution in [0.5, 0.6) is 0 Å². The molecule has 0 aliphatic carbocycles. The number of carbonyl (C=O) groups excluding carboxylic acids is 2. The largest absolute Gasteiger partial charge is 0.368 e. The first-order valence-electron chi connectivity index (χ1n) is 8.50. The predicted molar refractivity (Wildman–Crippen MR) is 102 cm³/mol. The molecule has 2 aromatic carbocycles. The minimum atomic E-state index is -0.679. The maximum atomic E-state index is 13.1. The van der Waals surface area contributed by atoms with E-state index in [-0.39, 0.29) is 5.91 Å². The minimum Gasteiger partial charge on any atom is -0.368 e. The number of fused-ring (bicyclic) bond motifs is 1. The number of hydrogen-bond acceptors (Lipinski definition) is 3. The van der Waals surface area contributed by atoms with Crippen molar-refractivity contribution in [1.29, 1.82) is 0 Å². The van der Waals surface area contributed by atoms with Crippen LogP contribution in [0.1, 0.15) is 21.5 Å². The highest BCUT2D eigenvalue weighted by molar-refractivity contribution is 6.30. The molecule has 2 heterocycles. The number of carbonyl (C=O) groups is 2. The van der Waals surface area contributed by atoms with Crippen LogP contribution in [-0.2, 0) is 17.8 Å². The lowest BCUT2D eigenvalue weighted by Gasteiger charge is -2.34. The van der Waals surface area contributed by atoms with Crippen LogP contribution in [0.15, 0.2) is 60.9 Å². The van der Waals surface area contributed by atoms with Crippen molar-refractivity contribution < 1.29 is 9.59 Å². The van der Waals surface area contributed by atoms with Crippen LogP contribution < -0.4 is 5.73 Å². The maximum Gasteiger partial charge on any atom is 0.258 e. The van der Waals surface area contributed by atoms with E-state index in [0.717, 1.165) is 16.8 Å². The van der Waals surface area contributed by atoms with Gasteiger partial charge < -0.3 is 10.6 Å². The summed E-state index contributed by atoms with van der Waals surface area (Å²) in [5.74, 6) is -0.790. The monoisotopic (exact) mass is 380 g/mol. The van der Waals surface area contributed by atoms with Crippen molar-refractivity contribution in [2.45, 2.75) is 19.0 Å². The molecular weight excluding hydrogens is 364 g/mol. The van der Waals surface area contributed by atoms with Gasteiger partial charge in [0.1, 0.15) is 6.04 Å². The molecule has 27 heavy (non-hydrogen) atoms. The zero-order valence-corrected chi connectivity index (χ0v) is 15.1. The molecule has 4 rings (SSSR count). The molecular formula is C20H17ClN4O2. The summed E-state index contributed by atoms with van der Waals surface area (Å²) in [6.07, 6.45) is 3.54. The van der Waals surface area contributed by atoms with Gasteiger partial charge in [0.25, 0.3) is 5.91 Å². The van der Waals surface area contributed by atoms with Gasteiger partial charge in [0, 0.05) is 24.2 Å². The third kappa shape index (κ3) is 3.31. The average Bonchev–Trinajstić information content (AvgIpc) is 3.16. The van der Waals surface area contributed by atoms with Crippen molar-refractivity contribution in [3.63, 3.8) is 0 Å². The van der Waals surface area contributed by atoms with Crippen LogP contribution in [0, 0.1) is 0 Å². The molecule has 1 aliphatic rings. The third-order valence-corrected chi connectivity index (χ3v) is 4.98. The maximum absolute atomic E-state index is 13.1. The number of rotatable bonds is 3. The Labute approximate surface area is 161 Å². The molecule has 1 aliphatic heterocycles. The molecule has 136 valence electrons. The number of nitrogens with zero attached hydrogens (tertiary/aromatic N) is 3. The summed E-state index contributed by atoms with van der Waals surface area (Å²) in [7, 11) is 0. The van der Waals surface area contributed by atoms with Gasteiger partial charge in [-0.25, -0.2) is 4.68 Å². The van der Waals surface area contributed by atoms with Crippen molar-refractivity contribution in [3.05, 3.63) is 82.6 Å². The van der Waals surface area contributed by atoms with E-state index in [4.69, 9.17) is 17.3 Å². The number of aromatic nitrogens is 2. The molecule has 2 amide bonds. The fourth-order valence-corrected chi connectivity index (χ4v) is 3.53. The molecule has 1 aromatic heterocycles. The molecule has 0 saturated heterocycles. The van der Waals surface area contributed by atoms with E-state index in [1.165, 1.54) is 11.1 Å². The summed E-state index contributed by atoms with van der Waals surface area (Å²) in [4.78, 5) is 26.6. The second kappa shape index (κ2) is 6.89. The van der Waals surface area contributed by atoms with Crippen LogP contribution >= 0.6 is 11.6 Å². The third-order valence-electron chi connectivity index (χ3n) is 4.74. The molecule has 0 unspecified atom stereocenters. The molecule has 0 bridgehead atoms. The van der Waals surface area contributed by atoms with E-state index in [2.05, 4.69) is 5.10 Å². The highest BCUT2D eigenvalue weighted by Crippen LogP contribution is 2.25. The Kier molecular flexibility index (Phi) is 4.41. The lowest BCUT2D eigenvalue weighted by atomic mass is 9.93. The minimum absolute atomic E-state index is 0.276. The quantitative estimate of drug-likeness (QED) is 0.758. The fourth-order valence-electron chi connectivity index (χ4n) is 3.35. The highest BCUT2D eigenvalue weighted by atomic mass is 35.5. The summed E-state index contributed by atoms with van der Waals surface area (Å²) < 4.78 is 1.58. The topological polar surface area (TPSA) is 81.2 Å². The second-order valence-corrected chi connectivity index (χ2v) is 6.91. The van der Waals surface area contributed by atoms with E-state index in [0.29, 0.717) is 23.6 Å². The Morgan fingerprint density at radius 1 is 1.11 bits per heavy atom. The Morgan fingerprint density at radius 3 is 2.63 bits per heavy atom. The molecule has 0 spiro atoms. The van der Waals surface area contributed by atoms with Gasteiger partial charge in [-0.3, -0.25) is 9.59 Å². The molecule has 3 aromatic rings. The van der Waals surface area contributed by atoms with Crippen molar-refractivity contribution in [1.82, 2.24) is 14.7 Å². The summed E-state index contributed by atoms with van der Waals surface area (Å²) in [6.45, 7) is 0.338. The van der Waals surface area contributed by atoms with Crippen LogP contribution in [-0.4, -0.2) is 32.5 Å². The highest BCUT2D eigenvalue weighted by Gasteiger charge is 2.34. The summed E-state index contributed by atoms with van der Waals surface area (Å²) >= 11 is 6.02. The average molecular weight is 381 g/mol. The molecule has 7 heteroatoms. The van der Waals surface area contributed by atoms with Crippen molar-refractivity contribution in [2.24, 2.45) is 5.73 Å². The summed E-state index contributed by atoms with van der Waals surface area (Å²) in [6, 6.07) is 14.3. The molecule has 0 fully saturated rings. The van der Waals surface area contributed by atoms with Crippen molar-refractivity contribution in [2.75, 3.05) is 0 Å². The second-order valence-electron chi connectivity index (χ2n) is 6.48. The molecule has 2 N–H and O–H groups in total. The van der Waals surface area contributed by atoms with E-state index in [1.54, 1.807) is 23.0 Å². The van der Waals surface area contributed by atoms with Crippen LogP contribution in [0.25, 0.3) is 5.69 Å². The smallest absolute Gasteiger partial charge is 0.258 e. The van der Waals surface area contributed by atoms with Gasteiger partial charge in [0.2, 0.25) is 5.91 Å². The fraction of sp³-hybridized carbons (Fsp3) is 0.150. The van der Waals surface area contributed by atoms with Crippen LogP contribution in [0.3, 0.4) is 0 Å². The first kappa shape index (κ1) is 17.3. The normalized spacial score (nSPS) is 16.0. The molecule has 0 radical (unpaired) electrons. The zero-order chi connectivity index (χ0) is 19.0. The van der Waals surface area contributed by atoms with Gasteiger partial charge in [-0.2, -0.15) is 5.10 Å². The lowest BCUT2D eigenvalue weighted by Crippen LogP contribution is -2.51. The Morgan fingerprint density at radius 2 is 1.89 bits per heavy atom. The lowest BCUT2D eigenvalue weighted by molar-refractivity contribution is -0.122. The van der Waals surface area contributed by atoms with Gasteiger partial charge in [0.05, 0.1) is 17.4 Å². The molecule has 1 atom stereocenters. The van der Waals surface area contributed by atoms with E-state index >= 15 is 0 Å². The van der Waals surface area contributed by atoms with E-state index < -0.39 is 11.9 Å². The van der Waals surface area contributed by atoms with Gasteiger partial charge in [-0.15, -0.1) is 0 Å². The Hall–Kier alpha value is -3.12.